The smallest absolute Gasteiger partial charge is 0.248 e. The van der Waals surface area contributed by atoms with Crippen LogP contribution in [-0.2, 0) is 13.0 Å². The normalized spacial score (nSPS) is 12.9. The van der Waals surface area contributed by atoms with Crippen molar-refractivity contribution in [1.82, 2.24) is 5.32 Å². The van der Waals surface area contributed by atoms with Crippen molar-refractivity contribution in [3.63, 3.8) is 0 Å². The van der Waals surface area contributed by atoms with Crippen molar-refractivity contribution in [3.05, 3.63) is 100 Å². The minimum atomic E-state index is -0.956. The van der Waals surface area contributed by atoms with Crippen LogP contribution in [0, 0.1) is 18.6 Å². The van der Waals surface area contributed by atoms with Gasteiger partial charge in [-0.15, -0.1) is 0 Å². The average molecular weight is 455 g/mol. The number of rotatable bonds is 10. The van der Waals surface area contributed by atoms with E-state index >= 15 is 0 Å². The lowest BCUT2D eigenvalue weighted by Crippen LogP contribution is -2.33. The zero-order chi connectivity index (χ0) is 24.0. The number of aryl methyl sites for hydroxylation is 1. The standard InChI is InChI=1S/C26H28F2N2O3/c1-16-6-7-22(24(8-16)26(29)32)23(12-18-9-19(27)13-20(28)10-18)25(31)15-30-14-17-4-3-5-21(11-17)33-2/h3-11,13,23,25,30-31H,12,14-15H2,1-2H3,(H2,29,32)/t23-,25-/m0/s1. The molecule has 7 heteroatoms. The van der Waals surface area contributed by atoms with Crippen molar-refractivity contribution in [2.45, 2.75) is 31.9 Å². The second kappa shape index (κ2) is 11.0. The number of aliphatic hydroxyl groups is 1. The number of hydrogen-bond donors (Lipinski definition) is 3. The first-order valence-corrected chi connectivity index (χ1v) is 10.6. The Bertz CT molecular complexity index is 1100. The predicted molar refractivity (Wildman–Crippen MR) is 123 cm³/mol. The molecule has 33 heavy (non-hydrogen) atoms. The van der Waals surface area contributed by atoms with Gasteiger partial charge in [0, 0.05) is 30.6 Å². The van der Waals surface area contributed by atoms with Crippen LogP contribution in [0.5, 0.6) is 5.75 Å². The average Bonchev–Trinajstić information content (AvgIpc) is 2.77. The van der Waals surface area contributed by atoms with E-state index in [0.29, 0.717) is 17.7 Å². The van der Waals surface area contributed by atoms with E-state index in [1.54, 1.807) is 19.2 Å². The van der Waals surface area contributed by atoms with Gasteiger partial charge in [0.05, 0.1) is 13.2 Å². The first-order valence-electron chi connectivity index (χ1n) is 10.6. The SMILES string of the molecule is COc1cccc(CNC[C@H](O)[C@@H](Cc2cc(F)cc(F)c2)c2ccc(C)cc2C(N)=O)c1. The fourth-order valence-corrected chi connectivity index (χ4v) is 3.93. The number of methoxy groups -OCH3 is 1. The molecule has 0 radical (unpaired) electrons. The predicted octanol–water partition coefficient (Wildman–Crippen LogP) is 3.86. The van der Waals surface area contributed by atoms with Gasteiger partial charge in [-0.2, -0.15) is 0 Å². The molecule has 0 fully saturated rings. The summed E-state index contributed by atoms with van der Waals surface area (Å²) in [4.78, 5) is 12.1. The first kappa shape index (κ1) is 24.4. The fraction of sp³-hybridized carbons (Fsp3) is 0.269. The molecule has 0 spiro atoms. The summed E-state index contributed by atoms with van der Waals surface area (Å²) < 4.78 is 32.8. The minimum absolute atomic E-state index is 0.125. The molecule has 4 N–H and O–H groups in total. The minimum Gasteiger partial charge on any atom is -0.497 e. The van der Waals surface area contributed by atoms with Crippen LogP contribution in [0.2, 0.25) is 0 Å². The van der Waals surface area contributed by atoms with Crippen LogP contribution in [0.1, 0.15) is 38.5 Å². The van der Waals surface area contributed by atoms with E-state index in [-0.39, 0.29) is 18.5 Å². The number of carbonyl (C=O) groups excluding carboxylic acids is 1. The summed E-state index contributed by atoms with van der Waals surface area (Å²) >= 11 is 0. The molecule has 0 aliphatic rings. The van der Waals surface area contributed by atoms with Gasteiger partial charge >= 0.3 is 0 Å². The van der Waals surface area contributed by atoms with E-state index in [1.807, 2.05) is 37.3 Å². The summed E-state index contributed by atoms with van der Waals surface area (Å²) in [5, 5.41) is 14.3. The monoisotopic (exact) mass is 454 g/mol. The molecule has 2 atom stereocenters. The van der Waals surface area contributed by atoms with Gasteiger partial charge in [-0.05, 0) is 60.4 Å². The quantitative estimate of drug-likeness (QED) is 0.434. The number of carbonyl (C=O) groups is 1. The maximum absolute atomic E-state index is 13.8. The number of amides is 1. The van der Waals surface area contributed by atoms with Crippen molar-refractivity contribution in [1.29, 1.82) is 0 Å². The topological polar surface area (TPSA) is 84.6 Å². The highest BCUT2D eigenvalue weighted by Gasteiger charge is 2.26. The third-order valence-corrected chi connectivity index (χ3v) is 5.53. The molecule has 5 nitrogen and oxygen atoms in total. The molecule has 0 heterocycles. The summed E-state index contributed by atoms with van der Waals surface area (Å²) in [5.41, 5.74) is 8.60. The van der Waals surface area contributed by atoms with Crippen molar-refractivity contribution < 1.29 is 23.4 Å². The molecule has 1 amide bonds. The molecule has 0 unspecified atom stereocenters. The summed E-state index contributed by atoms with van der Waals surface area (Å²) in [6.07, 6.45) is -0.831. The maximum Gasteiger partial charge on any atom is 0.248 e. The zero-order valence-electron chi connectivity index (χ0n) is 18.6. The second-order valence-corrected chi connectivity index (χ2v) is 8.09. The van der Waals surface area contributed by atoms with E-state index in [1.165, 1.54) is 12.1 Å². The number of nitrogens with two attached hydrogens (primary N) is 1. The van der Waals surface area contributed by atoms with Gasteiger partial charge in [0.25, 0.3) is 0 Å². The molecular formula is C26H28F2N2O3. The molecule has 3 rings (SSSR count). The number of aliphatic hydroxyl groups excluding tert-OH is 1. The largest absolute Gasteiger partial charge is 0.497 e. The van der Waals surface area contributed by atoms with Crippen molar-refractivity contribution in [3.8, 4) is 5.75 Å². The third kappa shape index (κ3) is 6.60. The molecule has 3 aromatic carbocycles. The van der Waals surface area contributed by atoms with Gasteiger partial charge in [0.2, 0.25) is 5.91 Å². The van der Waals surface area contributed by atoms with Crippen molar-refractivity contribution in [2.75, 3.05) is 13.7 Å². The van der Waals surface area contributed by atoms with Gasteiger partial charge in [0.15, 0.2) is 0 Å². The number of ether oxygens (including phenoxy) is 1. The van der Waals surface area contributed by atoms with Crippen LogP contribution in [0.4, 0.5) is 8.78 Å². The lowest BCUT2D eigenvalue weighted by atomic mass is 9.83. The highest BCUT2D eigenvalue weighted by molar-refractivity contribution is 5.94. The van der Waals surface area contributed by atoms with E-state index < -0.39 is 29.6 Å². The number of hydrogen-bond acceptors (Lipinski definition) is 4. The number of benzene rings is 3. The zero-order valence-corrected chi connectivity index (χ0v) is 18.6. The molecule has 0 saturated carbocycles. The Morgan fingerprint density at radius 2 is 1.79 bits per heavy atom. The Hall–Kier alpha value is -3.29. The Labute approximate surface area is 192 Å². The molecule has 0 aromatic heterocycles. The van der Waals surface area contributed by atoms with Gasteiger partial charge in [-0.25, -0.2) is 8.78 Å². The summed E-state index contributed by atoms with van der Waals surface area (Å²) in [6.45, 7) is 2.50. The fourth-order valence-electron chi connectivity index (χ4n) is 3.93. The van der Waals surface area contributed by atoms with Gasteiger partial charge in [-0.1, -0.05) is 29.8 Å². The molecular weight excluding hydrogens is 426 g/mol. The van der Waals surface area contributed by atoms with Crippen LogP contribution in [0.25, 0.3) is 0 Å². The molecule has 174 valence electrons. The number of halogens is 2. The van der Waals surface area contributed by atoms with Crippen LogP contribution in [0.15, 0.2) is 60.7 Å². The first-order chi connectivity index (χ1) is 15.8. The highest BCUT2D eigenvalue weighted by Crippen LogP contribution is 2.29. The van der Waals surface area contributed by atoms with E-state index in [9.17, 15) is 18.7 Å². The van der Waals surface area contributed by atoms with Crippen LogP contribution >= 0.6 is 0 Å². The van der Waals surface area contributed by atoms with Crippen molar-refractivity contribution in [2.24, 2.45) is 5.73 Å². The molecule has 0 saturated heterocycles. The Kier molecular flexibility index (Phi) is 8.14. The second-order valence-electron chi connectivity index (χ2n) is 8.09. The Morgan fingerprint density at radius 1 is 1.06 bits per heavy atom. The Morgan fingerprint density at radius 3 is 2.45 bits per heavy atom. The van der Waals surface area contributed by atoms with E-state index in [2.05, 4.69) is 5.32 Å². The third-order valence-electron chi connectivity index (χ3n) is 5.53. The maximum atomic E-state index is 13.8. The lowest BCUT2D eigenvalue weighted by Gasteiger charge is -2.26. The van der Waals surface area contributed by atoms with Gasteiger partial charge in [-0.3, -0.25) is 4.79 Å². The Balaban J connectivity index is 1.85. The van der Waals surface area contributed by atoms with Crippen molar-refractivity contribution >= 4 is 5.91 Å². The van der Waals surface area contributed by atoms with Crippen LogP contribution in [0.3, 0.4) is 0 Å². The van der Waals surface area contributed by atoms with Crippen LogP contribution < -0.4 is 15.8 Å². The van der Waals surface area contributed by atoms with E-state index in [0.717, 1.165) is 22.9 Å². The van der Waals surface area contributed by atoms with Gasteiger partial charge < -0.3 is 20.9 Å². The molecule has 3 aromatic rings. The summed E-state index contributed by atoms with van der Waals surface area (Å²) in [5.74, 6) is -1.92. The number of nitrogens with one attached hydrogen (secondary N) is 1. The molecule has 0 aliphatic heterocycles. The number of primary amides is 1. The summed E-state index contributed by atoms with van der Waals surface area (Å²) in [6, 6.07) is 16.0. The summed E-state index contributed by atoms with van der Waals surface area (Å²) in [7, 11) is 1.59. The lowest BCUT2D eigenvalue weighted by molar-refractivity contribution is 0.0995. The highest BCUT2D eigenvalue weighted by atomic mass is 19.1. The van der Waals surface area contributed by atoms with E-state index in [4.69, 9.17) is 10.5 Å². The molecule has 0 aliphatic carbocycles. The molecule has 0 bridgehead atoms. The van der Waals surface area contributed by atoms with Gasteiger partial charge in [0.1, 0.15) is 17.4 Å². The van der Waals surface area contributed by atoms with Crippen LogP contribution in [-0.4, -0.2) is 30.8 Å².